The maximum Gasteiger partial charge on any atom is 0.374 e. The summed E-state index contributed by atoms with van der Waals surface area (Å²) in [5, 5.41) is 0. The Bertz CT molecular complexity index is 936. The minimum Gasteiger partial charge on any atom is -0.398 e. The highest BCUT2D eigenvalue weighted by Crippen LogP contribution is 2.23. The van der Waals surface area contributed by atoms with Gasteiger partial charge in [-0.25, -0.2) is 0 Å². The van der Waals surface area contributed by atoms with Crippen LogP contribution < -0.4 is 4.57 Å². The molecule has 0 bridgehead atoms. The smallest absolute Gasteiger partial charge is 0.374 e. The molecular formula is C24H35N4O+. The van der Waals surface area contributed by atoms with Crippen molar-refractivity contribution < 1.29 is 8.98 Å². The van der Waals surface area contributed by atoms with Crippen LogP contribution in [0.25, 0.3) is 17.2 Å². The predicted octanol–water partition coefficient (Wildman–Crippen LogP) is 3.91. The number of aryl methyl sites for hydroxylation is 2. The van der Waals surface area contributed by atoms with Crippen LogP contribution in [0.3, 0.4) is 0 Å². The van der Waals surface area contributed by atoms with E-state index in [1.165, 1.54) is 11.4 Å². The number of hydrogen-bond acceptors (Lipinski definition) is 4. The highest BCUT2D eigenvalue weighted by atomic mass is 16.3. The second-order valence-corrected chi connectivity index (χ2v) is 8.19. The number of hydrogen-bond donors (Lipinski definition) is 0. The minimum absolute atomic E-state index is 0.861. The molecular weight excluding hydrogens is 360 g/mol. The number of fused-ring (bicyclic) bond motifs is 1. The van der Waals surface area contributed by atoms with Gasteiger partial charge in [-0.15, -0.1) is 0 Å². The summed E-state index contributed by atoms with van der Waals surface area (Å²) in [5.41, 5.74) is 4.43. The molecule has 29 heavy (non-hydrogen) atoms. The van der Waals surface area contributed by atoms with E-state index in [9.17, 15) is 0 Å². The highest BCUT2D eigenvalue weighted by molar-refractivity contribution is 5.71. The van der Waals surface area contributed by atoms with E-state index in [-0.39, 0.29) is 0 Å². The van der Waals surface area contributed by atoms with E-state index in [0.29, 0.717) is 0 Å². The summed E-state index contributed by atoms with van der Waals surface area (Å²) < 4.78 is 8.23. The van der Waals surface area contributed by atoms with Crippen molar-refractivity contribution in [1.82, 2.24) is 14.7 Å². The highest BCUT2D eigenvalue weighted by Gasteiger charge is 2.20. The van der Waals surface area contributed by atoms with Crippen LogP contribution in [0.5, 0.6) is 0 Å². The summed E-state index contributed by atoms with van der Waals surface area (Å²) in [5.74, 6) is 2.11. The molecule has 0 aliphatic carbocycles. The molecule has 0 radical (unpaired) electrons. The molecule has 0 spiro atoms. The van der Waals surface area contributed by atoms with Gasteiger partial charge < -0.3 is 19.1 Å². The van der Waals surface area contributed by atoms with E-state index >= 15 is 0 Å². The van der Waals surface area contributed by atoms with Gasteiger partial charge >= 0.3 is 5.89 Å². The van der Waals surface area contributed by atoms with Crippen molar-refractivity contribution in [3.63, 3.8) is 0 Å². The lowest BCUT2D eigenvalue weighted by molar-refractivity contribution is -0.652. The van der Waals surface area contributed by atoms with Crippen LogP contribution in [0.2, 0.25) is 0 Å². The molecule has 0 saturated carbocycles. The van der Waals surface area contributed by atoms with Crippen LogP contribution >= 0.6 is 0 Å². The van der Waals surface area contributed by atoms with Crippen LogP contribution in [0, 0.1) is 6.92 Å². The number of rotatable bonds is 8. The van der Waals surface area contributed by atoms with Crippen LogP contribution in [0.4, 0.5) is 0 Å². The van der Waals surface area contributed by atoms with E-state index in [1.54, 1.807) is 0 Å². The Kier molecular flexibility index (Phi) is 6.80. The Hall–Kier alpha value is -2.53. The molecule has 0 saturated heterocycles. The second kappa shape index (κ2) is 9.31. The fourth-order valence-corrected chi connectivity index (χ4v) is 3.71. The van der Waals surface area contributed by atoms with Crippen LogP contribution in [-0.2, 0) is 7.05 Å². The largest absolute Gasteiger partial charge is 0.398 e. The first-order chi connectivity index (χ1) is 13.9. The van der Waals surface area contributed by atoms with E-state index in [1.807, 2.05) is 6.07 Å². The monoisotopic (exact) mass is 395 g/mol. The summed E-state index contributed by atoms with van der Waals surface area (Å²) >= 11 is 0. The topological polar surface area (TPSA) is 26.7 Å². The first-order valence-corrected chi connectivity index (χ1v) is 10.5. The fraction of sp³-hybridized carbons (Fsp3) is 0.458. The van der Waals surface area contributed by atoms with Crippen molar-refractivity contribution in [2.45, 2.75) is 26.7 Å². The minimum atomic E-state index is 0.861. The molecule has 3 rings (SSSR count). The Morgan fingerprint density at radius 1 is 1.17 bits per heavy atom. The lowest BCUT2D eigenvalue weighted by atomic mass is 10.1. The maximum absolute atomic E-state index is 6.11. The summed E-state index contributed by atoms with van der Waals surface area (Å²) in [6.45, 7) is 7.57. The molecule has 2 aromatic rings. The molecule has 156 valence electrons. The Balaban J connectivity index is 1.88. The van der Waals surface area contributed by atoms with Crippen molar-refractivity contribution >= 4 is 17.2 Å². The summed E-state index contributed by atoms with van der Waals surface area (Å²) in [6.07, 6.45) is 11.0. The average Bonchev–Trinajstić information content (AvgIpc) is 2.98. The molecule has 0 atom stereocenters. The van der Waals surface area contributed by atoms with Crippen molar-refractivity contribution in [3.8, 4) is 0 Å². The standard InChI is InChI=1S/C24H35N4O/c1-7-12-28(14-8-13-25(3)4)23-17-20(11-15-26(23)5)18-24-27(6)21-16-19(2)9-10-22(21)29-24/h9-11,15-18H,7-8,12-14H2,1-6H3/q+1. The van der Waals surface area contributed by atoms with Gasteiger partial charge in [0.2, 0.25) is 5.58 Å². The van der Waals surface area contributed by atoms with Gasteiger partial charge in [-0.3, -0.25) is 0 Å². The number of aromatic nitrogens is 1. The third kappa shape index (κ3) is 5.10. The first kappa shape index (κ1) is 21.2. The third-order valence-electron chi connectivity index (χ3n) is 5.31. The molecule has 0 fully saturated rings. The average molecular weight is 396 g/mol. The third-order valence-corrected chi connectivity index (χ3v) is 5.31. The lowest BCUT2D eigenvalue weighted by Gasteiger charge is -2.34. The van der Waals surface area contributed by atoms with E-state index in [2.05, 4.69) is 97.9 Å². The van der Waals surface area contributed by atoms with Gasteiger partial charge in [-0.2, -0.15) is 4.57 Å². The molecule has 2 heterocycles. The number of benzene rings is 1. The molecule has 1 aliphatic heterocycles. The summed E-state index contributed by atoms with van der Waals surface area (Å²) in [4.78, 5) is 6.95. The van der Waals surface area contributed by atoms with Crippen molar-refractivity contribution in [2.24, 2.45) is 7.05 Å². The lowest BCUT2D eigenvalue weighted by Crippen LogP contribution is -2.34. The molecule has 0 N–H and O–H groups in total. The molecule has 1 aliphatic rings. The van der Waals surface area contributed by atoms with E-state index in [4.69, 9.17) is 4.42 Å². The molecule has 1 aromatic heterocycles. The molecule has 0 amide bonds. The van der Waals surface area contributed by atoms with Gasteiger partial charge in [0.1, 0.15) is 12.9 Å². The van der Waals surface area contributed by atoms with Gasteiger partial charge in [0.25, 0.3) is 5.52 Å². The SMILES string of the molecule is CCCN(CCCN(C)C)C1=C/C(=C/c2oc3ccc(C)cc3[n+]2C)C=CN1C. The van der Waals surface area contributed by atoms with Gasteiger partial charge in [-0.05, 0) is 69.8 Å². The van der Waals surface area contributed by atoms with Gasteiger partial charge in [-0.1, -0.05) is 13.0 Å². The number of allylic oxidation sites excluding steroid dienone is 3. The number of oxazole rings is 1. The Morgan fingerprint density at radius 3 is 2.69 bits per heavy atom. The van der Waals surface area contributed by atoms with Crippen molar-refractivity contribution in [1.29, 1.82) is 0 Å². The van der Waals surface area contributed by atoms with Crippen molar-refractivity contribution in [3.05, 3.63) is 59.4 Å². The first-order valence-electron chi connectivity index (χ1n) is 10.5. The molecule has 5 heteroatoms. The maximum atomic E-state index is 6.11. The predicted molar refractivity (Wildman–Crippen MR) is 120 cm³/mol. The van der Waals surface area contributed by atoms with E-state index < -0.39 is 0 Å². The second-order valence-electron chi connectivity index (χ2n) is 8.19. The van der Waals surface area contributed by atoms with Crippen LogP contribution in [-0.4, -0.2) is 55.5 Å². The quantitative estimate of drug-likeness (QED) is 0.633. The zero-order chi connectivity index (χ0) is 21.0. The van der Waals surface area contributed by atoms with Gasteiger partial charge in [0, 0.05) is 32.4 Å². The zero-order valence-electron chi connectivity index (χ0n) is 18.8. The van der Waals surface area contributed by atoms with Crippen LogP contribution in [0.1, 0.15) is 31.2 Å². The summed E-state index contributed by atoms with van der Waals surface area (Å²) in [7, 11) is 8.45. The molecule has 1 aromatic carbocycles. The van der Waals surface area contributed by atoms with Crippen LogP contribution in [0.15, 0.2) is 52.4 Å². The van der Waals surface area contributed by atoms with Gasteiger partial charge in [0.15, 0.2) is 0 Å². The fourth-order valence-electron chi connectivity index (χ4n) is 3.71. The zero-order valence-corrected chi connectivity index (χ0v) is 18.8. The van der Waals surface area contributed by atoms with Gasteiger partial charge in [0.05, 0.1) is 6.08 Å². The number of nitrogens with zero attached hydrogens (tertiary/aromatic N) is 4. The van der Waals surface area contributed by atoms with E-state index in [0.717, 1.165) is 55.0 Å². The molecule has 0 unspecified atom stereocenters. The Morgan fingerprint density at radius 2 is 1.97 bits per heavy atom. The summed E-state index contributed by atoms with van der Waals surface area (Å²) in [6, 6.07) is 6.30. The molecule has 5 nitrogen and oxygen atoms in total. The Labute approximate surface area is 175 Å². The normalized spacial score (nSPS) is 15.6. The van der Waals surface area contributed by atoms with Crippen molar-refractivity contribution in [2.75, 3.05) is 40.8 Å².